The molecule has 3 rings (SSSR count). The van der Waals surface area contributed by atoms with E-state index >= 15 is 0 Å². The maximum Gasteiger partial charge on any atom is 0.150 e. The zero-order valence-corrected chi connectivity index (χ0v) is 13.8. The van der Waals surface area contributed by atoms with E-state index in [0.29, 0.717) is 19.4 Å². The molecule has 1 aromatic heterocycles. The van der Waals surface area contributed by atoms with Gasteiger partial charge in [0, 0.05) is 6.42 Å². The molecule has 120 valence electrons. The number of fused-ring (bicyclic) bond motifs is 1. The molecule has 2 aromatic rings. The van der Waals surface area contributed by atoms with Crippen LogP contribution in [0.1, 0.15) is 26.1 Å². The summed E-state index contributed by atoms with van der Waals surface area (Å²) >= 11 is 0. The van der Waals surface area contributed by atoms with Gasteiger partial charge in [0.15, 0.2) is 9.84 Å². The number of sulfone groups is 1. The molecule has 6 heteroatoms. The third-order valence-electron chi connectivity index (χ3n) is 4.08. The lowest BCUT2D eigenvalue weighted by Gasteiger charge is -2.21. The second kappa shape index (κ2) is 5.35. The Morgan fingerprint density at radius 1 is 1.36 bits per heavy atom. The topological polar surface area (TPSA) is 72.2 Å². The Balaban J connectivity index is 1.96. The summed E-state index contributed by atoms with van der Waals surface area (Å²) in [6.45, 7) is 3.99. The van der Waals surface area contributed by atoms with E-state index < -0.39 is 15.4 Å². The summed E-state index contributed by atoms with van der Waals surface area (Å²) in [4.78, 5) is 4.67. The summed E-state index contributed by atoms with van der Waals surface area (Å²) in [6, 6.07) is 7.83. The van der Waals surface area contributed by atoms with Gasteiger partial charge in [0.25, 0.3) is 0 Å². The van der Waals surface area contributed by atoms with Crippen molar-refractivity contribution in [3.05, 3.63) is 30.1 Å². The molecule has 5 nitrogen and oxygen atoms in total. The Morgan fingerprint density at radius 3 is 2.73 bits per heavy atom. The Hall–Kier alpha value is -1.40. The Bertz CT molecular complexity index is 787. The Labute approximate surface area is 130 Å². The molecular weight excluding hydrogens is 300 g/mol. The van der Waals surface area contributed by atoms with Gasteiger partial charge in [-0.1, -0.05) is 12.1 Å². The van der Waals surface area contributed by atoms with Gasteiger partial charge in [-0.2, -0.15) is 0 Å². The third kappa shape index (κ3) is 3.33. The van der Waals surface area contributed by atoms with Crippen molar-refractivity contribution < 1.29 is 13.5 Å². The number of hydrogen-bond donors (Lipinski definition) is 1. The van der Waals surface area contributed by atoms with Gasteiger partial charge in [-0.15, -0.1) is 0 Å². The van der Waals surface area contributed by atoms with Crippen molar-refractivity contribution in [2.45, 2.75) is 38.8 Å². The monoisotopic (exact) mass is 322 g/mol. The highest BCUT2D eigenvalue weighted by molar-refractivity contribution is 7.91. The molecule has 0 spiro atoms. The lowest BCUT2D eigenvalue weighted by molar-refractivity contribution is 0.0616. The summed E-state index contributed by atoms with van der Waals surface area (Å²) in [5.41, 5.74) is 1.03. The second-order valence-corrected chi connectivity index (χ2v) is 9.12. The smallest absolute Gasteiger partial charge is 0.150 e. The first-order valence-corrected chi connectivity index (χ1v) is 9.43. The summed E-state index contributed by atoms with van der Waals surface area (Å²) in [5.74, 6) is 1.52. The second-order valence-electron chi connectivity index (χ2n) is 6.89. The quantitative estimate of drug-likeness (QED) is 0.931. The highest BCUT2D eigenvalue weighted by atomic mass is 32.2. The predicted molar refractivity (Wildman–Crippen MR) is 86.5 cm³/mol. The first-order valence-electron chi connectivity index (χ1n) is 7.60. The number of imidazole rings is 1. The first kappa shape index (κ1) is 15.5. The number of aromatic nitrogens is 2. The minimum atomic E-state index is -2.88. The van der Waals surface area contributed by atoms with Gasteiger partial charge in [-0.05, 0) is 38.3 Å². The van der Waals surface area contributed by atoms with Crippen molar-refractivity contribution in [3.63, 3.8) is 0 Å². The normalized spacial score (nSPS) is 21.5. The maximum absolute atomic E-state index is 11.6. The van der Waals surface area contributed by atoms with E-state index in [4.69, 9.17) is 0 Å². The fourth-order valence-electron chi connectivity index (χ4n) is 3.14. The van der Waals surface area contributed by atoms with Gasteiger partial charge in [0.2, 0.25) is 0 Å². The molecule has 1 N–H and O–H groups in total. The fraction of sp³-hybridized carbons (Fsp3) is 0.562. The molecule has 1 fully saturated rings. The first-order chi connectivity index (χ1) is 10.2. The SMILES string of the molecule is CC(C)(O)Cn1c(CC2CCS(=O)(=O)C2)nc2ccccc21. The van der Waals surface area contributed by atoms with Crippen LogP contribution in [-0.4, -0.2) is 40.2 Å². The average Bonchev–Trinajstić information content (AvgIpc) is 2.90. The van der Waals surface area contributed by atoms with E-state index in [1.807, 2.05) is 28.8 Å². The zero-order valence-electron chi connectivity index (χ0n) is 13.0. The van der Waals surface area contributed by atoms with E-state index in [1.165, 1.54) is 0 Å². The third-order valence-corrected chi connectivity index (χ3v) is 5.91. The van der Waals surface area contributed by atoms with Gasteiger partial charge in [0.1, 0.15) is 5.82 Å². The number of para-hydroxylation sites is 2. The number of benzene rings is 1. The molecule has 2 heterocycles. The summed E-state index contributed by atoms with van der Waals surface area (Å²) in [6.07, 6.45) is 1.35. The number of aliphatic hydroxyl groups is 1. The highest BCUT2D eigenvalue weighted by Crippen LogP contribution is 2.26. The van der Waals surface area contributed by atoms with E-state index in [2.05, 4.69) is 4.98 Å². The molecular formula is C16H22N2O3S. The summed E-state index contributed by atoms with van der Waals surface area (Å²) < 4.78 is 25.3. The van der Waals surface area contributed by atoms with Crippen LogP contribution in [0.5, 0.6) is 0 Å². The van der Waals surface area contributed by atoms with Gasteiger partial charge in [0.05, 0.1) is 34.7 Å². The lowest BCUT2D eigenvalue weighted by Crippen LogP contribution is -2.27. The van der Waals surface area contributed by atoms with Crippen LogP contribution in [0, 0.1) is 5.92 Å². The van der Waals surface area contributed by atoms with E-state index in [9.17, 15) is 13.5 Å². The lowest BCUT2D eigenvalue weighted by atomic mass is 10.0. The van der Waals surface area contributed by atoms with Crippen LogP contribution in [0.15, 0.2) is 24.3 Å². The van der Waals surface area contributed by atoms with Crippen LogP contribution in [0.4, 0.5) is 0 Å². The fourth-order valence-corrected chi connectivity index (χ4v) is 5.00. The van der Waals surface area contributed by atoms with Crippen LogP contribution in [-0.2, 0) is 22.8 Å². The molecule has 0 radical (unpaired) electrons. The maximum atomic E-state index is 11.6. The molecule has 1 saturated heterocycles. The highest BCUT2D eigenvalue weighted by Gasteiger charge is 2.30. The van der Waals surface area contributed by atoms with Crippen molar-refractivity contribution in [1.82, 2.24) is 9.55 Å². The van der Waals surface area contributed by atoms with E-state index in [0.717, 1.165) is 16.9 Å². The van der Waals surface area contributed by atoms with E-state index in [-0.39, 0.29) is 17.4 Å². The predicted octanol–water partition coefficient (Wildman–Crippen LogP) is 1.78. The molecule has 1 aromatic carbocycles. The van der Waals surface area contributed by atoms with E-state index in [1.54, 1.807) is 13.8 Å². The minimum Gasteiger partial charge on any atom is -0.389 e. The number of hydrogen-bond acceptors (Lipinski definition) is 4. The van der Waals surface area contributed by atoms with Crippen molar-refractivity contribution in [3.8, 4) is 0 Å². The van der Waals surface area contributed by atoms with Crippen LogP contribution in [0.25, 0.3) is 11.0 Å². The largest absolute Gasteiger partial charge is 0.389 e. The molecule has 0 aliphatic carbocycles. The van der Waals surface area contributed by atoms with Crippen molar-refractivity contribution >= 4 is 20.9 Å². The van der Waals surface area contributed by atoms with Crippen LogP contribution < -0.4 is 0 Å². The molecule has 1 aliphatic rings. The van der Waals surface area contributed by atoms with Crippen molar-refractivity contribution in [2.75, 3.05) is 11.5 Å². The molecule has 1 aliphatic heterocycles. The van der Waals surface area contributed by atoms with Gasteiger partial charge >= 0.3 is 0 Å². The van der Waals surface area contributed by atoms with Gasteiger partial charge in [-0.25, -0.2) is 13.4 Å². The molecule has 22 heavy (non-hydrogen) atoms. The van der Waals surface area contributed by atoms with Crippen molar-refractivity contribution in [2.24, 2.45) is 5.92 Å². The molecule has 0 bridgehead atoms. The molecule has 1 atom stereocenters. The standard InChI is InChI=1S/C16H22N2O3S/c1-16(2,19)11-18-14-6-4-3-5-13(14)17-15(18)9-12-7-8-22(20,21)10-12/h3-6,12,19H,7-11H2,1-2H3. The zero-order chi connectivity index (χ0) is 16.0. The number of nitrogens with zero attached hydrogens (tertiary/aromatic N) is 2. The van der Waals surface area contributed by atoms with Crippen LogP contribution >= 0.6 is 0 Å². The molecule has 0 saturated carbocycles. The van der Waals surface area contributed by atoms with Gasteiger partial charge in [-0.3, -0.25) is 0 Å². The Kier molecular flexibility index (Phi) is 3.77. The average molecular weight is 322 g/mol. The van der Waals surface area contributed by atoms with Crippen LogP contribution in [0.3, 0.4) is 0 Å². The van der Waals surface area contributed by atoms with Crippen molar-refractivity contribution in [1.29, 1.82) is 0 Å². The van der Waals surface area contributed by atoms with Gasteiger partial charge < -0.3 is 9.67 Å². The Morgan fingerprint density at radius 2 is 2.09 bits per heavy atom. The summed E-state index contributed by atoms with van der Waals surface area (Å²) in [7, 11) is -2.88. The van der Waals surface area contributed by atoms with Crippen LogP contribution in [0.2, 0.25) is 0 Å². The molecule has 1 unspecified atom stereocenters. The number of rotatable bonds is 4. The molecule has 0 amide bonds. The minimum absolute atomic E-state index is 0.127. The summed E-state index contributed by atoms with van der Waals surface area (Å²) in [5, 5.41) is 10.2.